The molecule has 3 heteroatoms. The molecule has 0 radical (unpaired) electrons. The molecule has 0 aromatic heterocycles. The van der Waals surface area contributed by atoms with Crippen LogP contribution in [-0.2, 0) is 0 Å². The van der Waals surface area contributed by atoms with Crippen LogP contribution < -0.4 is 0 Å². The van der Waals surface area contributed by atoms with E-state index < -0.39 is 0 Å². The Labute approximate surface area is 102 Å². The van der Waals surface area contributed by atoms with Gasteiger partial charge in [0.1, 0.15) is 0 Å². The molecule has 1 amide bonds. The van der Waals surface area contributed by atoms with Gasteiger partial charge in [0, 0.05) is 18.0 Å². The van der Waals surface area contributed by atoms with Crippen LogP contribution in [0.2, 0.25) is 0 Å². The number of hydrogen-bond donors (Lipinski definition) is 1. The molecule has 86 valence electrons. The summed E-state index contributed by atoms with van der Waals surface area (Å²) in [6.45, 7) is 3.70. The molecule has 1 fully saturated rings. The van der Waals surface area contributed by atoms with E-state index in [-0.39, 0.29) is 5.91 Å². The van der Waals surface area contributed by atoms with Crippen molar-refractivity contribution in [2.75, 3.05) is 13.1 Å². The van der Waals surface area contributed by atoms with Gasteiger partial charge in [-0.25, -0.2) is 0 Å². The maximum atomic E-state index is 12.2. The minimum Gasteiger partial charge on any atom is -0.339 e. The lowest BCUT2D eigenvalue weighted by molar-refractivity contribution is 0.0753. The van der Waals surface area contributed by atoms with Crippen molar-refractivity contribution in [2.45, 2.75) is 24.7 Å². The van der Waals surface area contributed by atoms with E-state index in [1.807, 2.05) is 36.1 Å². The molecule has 1 aliphatic rings. The van der Waals surface area contributed by atoms with E-state index in [1.54, 1.807) is 0 Å². The molecular weight excluding hydrogens is 218 g/mol. The van der Waals surface area contributed by atoms with Crippen molar-refractivity contribution in [1.82, 2.24) is 4.90 Å². The maximum Gasteiger partial charge on any atom is 0.254 e. The van der Waals surface area contributed by atoms with Gasteiger partial charge in [0.25, 0.3) is 5.91 Å². The Morgan fingerprint density at radius 2 is 2.12 bits per heavy atom. The first-order valence-electron chi connectivity index (χ1n) is 5.79. The third-order valence-electron chi connectivity index (χ3n) is 2.98. The first kappa shape index (κ1) is 11.5. The van der Waals surface area contributed by atoms with Gasteiger partial charge in [-0.1, -0.05) is 12.1 Å². The molecule has 0 heterocycles. The summed E-state index contributed by atoms with van der Waals surface area (Å²) in [6, 6.07) is 7.50. The van der Waals surface area contributed by atoms with Crippen LogP contribution in [-0.4, -0.2) is 23.9 Å². The van der Waals surface area contributed by atoms with Crippen LogP contribution in [0.4, 0.5) is 0 Å². The third-order valence-corrected chi connectivity index (χ3v) is 3.37. The van der Waals surface area contributed by atoms with Crippen LogP contribution >= 0.6 is 12.6 Å². The molecule has 0 atom stereocenters. The van der Waals surface area contributed by atoms with E-state index in [4.69, 9.17) is 0 Å². The normalized spacial score (nSPS) is 14.9. The number of benzene rings is 1. The number of hydrogen-bond acceptors (Lipinski definition) is 2. The number of nitrogens with zero attached hydrogens (tertiary/aromatic N) is 1. The van der Waals surface area contributed by atoms with Crippen molar-refractivity contribution in [3.05, 3.63) is 29.8 Å². The average molecular weight is 235 g/mol. The Bertz CT molecular complexity index is 387. The second-order valence-electron chi connectivity index (χ2n) is 4.30. The summed E-state index contributed by atoms with van der Waals surface area (Å²) in [6.07, 6.45) is 2.54. The van der Waals surface area contributed by atoms with Crippen molar-refractivity contribution in [1.29, 1.82) is 0 Å². The van der Waals surface area contributed by atoms with Gasteiger partial charge in [-0.15, -0.1) is 12.6 Å². The molecule has 2 rings (SSSR count). The molecule has 1 aromatic carbocycles. The largest absolute Gasteiger partial charge is 0.339 e. The molecule has 0 spiro atoms. The van der Waals surface area contributed by atoms with Crippen LogP contribution in [0.5, 0.6) is 0 Å². The second kappa shape index (κ2) is 4.91. The molecule has 0 bridgehead atoms. The van der Waals surface area contributed by atoms with E-state index in [9.17, 15) is 4.79 Å². The standard InChI is InChI=1S/C13H17NOS/c1-2-14(9-10-7-8-10)13(15)11-5-3-4-6-12(11)16/h3-6,10,16H,2,7-9H2,1H3. The molecule has 1 aromatic rings. The Hall–Kier alpha value is -0.960. The summed E-state index contributed by atoms with van der Waals surface area (Å²) in [4.78, 5) is 14.9. The smallest absolute Gasteiger partial charge is 0.254 e. The molecule has 16 heavy (non-hydrogen) atoms. The first-order valence-corrected chi connectivity index (χ1v) is 6.24. The number of thiol groups is 1. The summed E-state index contributed by atoms with van der Waals surface area (Å²) >= 11 is 4.33. The van der Waals surface area contributed by atoms with Gasteiger partial charge in [0.05, 0.1) is 5.56 Å². The lowest BCUT2D eigenvalue weighted by Crippen LogP contribution is -2.32. The van der Waals surface area contributed by atoms with Gasteiger partial charge in [-0.3, -0.25) is 4.79 Å². The number of amides is 1. The molecule has 1 aliphatic carbocycles. The van der Waals surface area contributed by atoms with Crippen molar-refractivity contribution in [3.8, 4) is 0 Å². The lowest BCUT2D eigenvalue weighted by atomic mass is 10.2. The van der Waals surface area contributed by atoms with E-state index >= 15 is 0 Å². The van der Waals surface area contributed by atoms with Gasteiger partial charge >= 0.3 is 0 Å². The van der Waals surface area contributed by atoms with Crippen LogP contribution in [0, 0.1) is 5.92 Å². The fourth-order valence-electron chi connectivity index (χ4n) is 1.79. The van der Waals surface area contributed by atoms with E-state index in [1.165, 1.54) is 12.8 Å². The highest BCUT2D eigenvalue weighted by Gasteiger charge is 2.26. The van der Waals surface area contributed by atoms with Gasteiger partial charge in [-0.05, 0) is 37.8 Å². The minimum absolute atomic E-state index is 0.111. The van der Waals surface area contributed by atoms with Crippen LogP contribution in [0.25, 0.3) is 0 Å². The van der Waals surface area contributed by atoms with Crippen LogP contribution in [0.1, 0.15) is 30.1 Å². The van der Waals surface area contributed by atoms with Crippen molar-refractivity contribution in [2.24, 2.45) is 5.92 Å². The Morgan fingerprint density at radius 3 is 2.69 bits per heavy atom. The zero-order valence-corrected chi connectivity index (χ0v) is 10.4. The minimum atomic E-state index is 0.111. The fraction of sp³-hybridized carbons (Fsp3) is 0.462. The lowest BCUT2D eigenvalue weighted by Gasteiger charge is -2.21. The van der Waals surface area contributed by atoms with Crippen LogP contribution in [0.3, 0.4) is 0 Å². The second-order valence-corrected chi connectivity index (χ2v) is 4.79. The van der Waals surface area contributed by atoms with Crippen molar-refractivity contribution < 1.29 is 4.79 Å². The summed E-state index contributed by atoms with van der Waals surface area (Å²) in [5, 5.41) is 0. The fourth-order valence-corrected chi connectivity index (χ4v) is 2.05. The summed E-state index contributed by atoms with van der Waals surface area (Å²) < 4.78 is 0. The quantitative estimate of drug-likeness (QED) is 0.796. The summed E-state index contributed by atoms with van der Waals surface area (Å²) in [5.74, 6) is 0.843. The van der Waals surface area contributed by atoms with Gasteiger partial charge in [-0.2, -0.15) is 0 Å². The van der Waals surface area contributed by atoms with Crippen molar-refractivity contribution in [3.63, 3.8) is 0 Å². The Kier molecular flexibility index (Phi) is 3.54. The predicted octanol–water partition coefficient (Wildman–Crippen LogP) is 2.85. The molecule has 1 saturated carbocycles. The molecule has 0 N–H and O–H groups in total. The summed E-state index contributed by atoms with van der Waals surface area (Å²) in [7, 11) is 0. The first-order chi connectivity index (χ1) is 7.72. The number of carbonyl (C=O) groups excluding carboxylic acids is 1. The predicted molar refractivity (Wildman–Crippen MR) is 68.0 cm³/mol. The third kappa shape index (κ3) is 2.59. The monoisotopic (exact) mass is 235 g/mol. The molecule has 0 aliphatic heterocycles. The van der Waals surface area contributed by atoms with Gasteiger partial charge < -0.3 is 4.90 Å². The van der Waals surface area contributed by atoms with E-state index in [0.717, 1.165) is 23.9 Å². The Morgan fingerprint density at radius 1 is 1.44 bits per heavy atom. The topological polar surface area (TPSA) is 20.3 Å². The van der Waals surface area contributed by atoms with E-state index in [0.29, 0.717) is 5.56 Å². The maximum absolute atomic E-state index is 12.2. The van der Waals surface area contributed by atoms with Gasteiger partial charge in [0.2, 0.25) is 0 Å². The molecular formula is C13H17NOS. The highest BCUT2D eigenvalue weighted by Crippen LogP contribution is 2.30. The average Bonchev–Trinajstić information content (AvgIpc) is 3.09. The van der Waals surface area contributed by atoms with E-state index in [2.05, 4.69) is 12.6 Å². The zero-order valence-electron chi connectivity index (χ0n) is 9.52. The van der Waals surface area contributed by atoms with Crippen molar-refractivity contribution >= 4 is 18.5 Å². The Balaban J connectivity index is 2.12. The molecule has 0 saturated heterocycles. The molecule has 0 unspecified atom stereocenters. The highest BCUT2D eigenvalue weighted by molar-refractivity contribution is 7.80. The number of carbonyl (C=O) groups is 1. The van der Waals surface area contributed by atoms with Gasteiger partial charge in [0.15, 0.2) is 0 Å². The zero-order chi connectivity index (χ0) is 11.5. The molecule has 2 nitrogen and oxygen atoms in total. The highest BCUT2D eigenvalue weighted by atomic mass is 32.1. The van der Waals surface area contributed by atoms with Crippen LogP contribution in [0.15, 0.2) is 29.2 Å². The summed E-state index contributed by atoms with van der Waals surface area (Å²) in [5.41, 5.74) is 0.716. The SMILES string of the molecule is CCN(CC1CC1)C(=O)c1ccccc1S. The number of rotatable bonds is 4.